The van der Waals surface area contributed by atoms with Crippen molar-refractivity contribution < 1.29 is 40.6 Å². The second-order valence-corrected chi connectivity index (χ2v) is 13.2. The van der Waals surface area contributed by atoms with Gasteiger partial charge in [0.2, 0.25) is 0 Å². The van der Waals surface area contributed by atoms with Gasteiger partial charge in [0.1, 0.15) is 30.5 Å². The third kappa shape index (κ3) is 8.35. The average molecular weight is 747 g/mol. The summed E-state index contributed by atoms with van der Waals surface area (Å²) in [6.07, 6.45) is -5.71. The summed E-state index contributed by atoms with van der Waals surface area (Å²) >= 11 is 0. The molecule has 54 heavy (non-hydrogen) atoms. The molecule has 6 rings (SSSR count). The number of ether oxygens (including phenoxy) is 2. The number of carbonyl (C=O) groups excluding carboxylic acids is 1. The summed E-state index contributed by atoms with van der Waals surface area (Å²) < 4.78 is 90.2. The maximum atomic E-state index is 13.7. The van der Waals surface area contributed by atoms with Gasteiger partial charge in [-0.3, -0.25) is 15.0 Å². The first-order valence-electron chi connectivity index (χ1n) is 17.0. The van der Waals surface area contributed by atoms with Crippen LogP contribution in [0.5, 0.6) is 11.5 Å². The number of aromatic amines is 2. The van der Waals surface area contributed by atoms with E-state index in [1.165, 1.54) is 24.3 Å². The smallest absolute Gasteiger partial charge is 0.416 e. The number of hydrogen-bond donors (Lipinski definition) is 2. The Balaban J connectivity index is 1.06. The van der Waals surface area contributed by atoms with E-state index in [0.29, 0.717) is 45.1 Å². The molecule has 0 amide bonds. The number of benzene rings is 4. The van der Waals surface area contributed by atoms with Crippen molar-refractivity contribution in [2.45, 2.75) is 65.1 Å². The lowest BCUT2D eigenvalue weighted by Gasteiger charge is -2.19. The summed E-state index contributed by atoms with van der Waals surface area (Å²) in [5.74, 6) is 0.372. The lowest BCUT2D eigenvalue weighted by molar-refractivity contribution is -0.138. The molecule has 2 N–H and O–H groups in total. The van der Waals surface area contributed by atoms with Crippen LogP contribution in [0.3, 0.4) is 0 Å². The van der Waals surface area contributed by atoms with Gasteiger partial charge in [-0.2, -0.15) is 36.5 Å². The second kappa shape index (κ2) is 15.2. The van der Waals surface area contributed by atoms with Crippen molar-refractivity contribution >= 4 is 5.78 Å². The molecule has 0 aliphatic heterocycles. The molecule has 7 nitrogen and oxygen atoms in total. The number of aryl methyl sites for hydroxylation is 2. The van der Waals surface area contributed by atoms with Gasteiger partial charge in [-0.05, 0) is 83.6 Å². The van der Waals surface area contributed by atoms with Crippen LogP contribution in [0.25, 0.3) is 22.5 Å². The summed E-state index contributed by atoms with van der Waals surface area (Å²) in [6.45, 7) is 7.73. The van der Waals surface area contributed by atoms with Gasteiger partial charge < -0.3 is 9.47 Å². The van der Waals surface area contributed by atoms with Gasteiger partial charge in [-0.25, -0.2) is 0 Å². The van der Waals surface area contributed by atoms with Crippen LogP contribution in [0.4, 0.5) is 26.3 Å². The number of halogens is 6. The maximum Gasteiger partial charge on any atom is 0.416 e. The molecular formula is C41H36F6N4O3. The van der Waals surface area contributed by atoms with Gasteiger partial charge in [-0.15, -0.1) is 0 Å². The molecule has 0 fully saturated rings. The van der Waals surface area contributed by atoms with Crippen LogP contribution < -0.4 is 9.47 Å². The summed E-state index contributed by atoms with van der Waals surface area (Å²) in [5.41, 5.74) is 5.37. The number of rotatable bonds is 12. The number of nitrogens with zero attached hydrogens (tertiary/aromatic N) is 2. The fraction of sp³-hybridized carbons (Fsp3) is 0.244. The molecule has 2 unspecified atom stereocenters. The van der Waals surface area contributed by atoms with Crippen LogP contribution >= 0.6 is 0 Å². The van der Waals surface area contributed by atoms with Crippen LogP contribution in [0.1, 0.15) is 70.2 Å². The highest BCUT2D eigenvalue weighted by atomic mass is 19.4. The minimum absolute atomic E-state index is 0.0234. The Morgan fingerprint density at radius 2 is 0.981 bits per heavy atom. The van der Waals surface area contributed by atoms with E-state index in [0.717, 1.165) is 46.5 Å². The number of alkyl halides is 6. The van der Waals surface area contributed by atoms with Gasteiger partial charge in [0.05, 0.1) is 34.9 Å². The molecule has 4 aromatic carbocycles. The molecule has 0 spiro atoms. The Labute approximate surface area is 307 Å². The number of Topliss-reactive ketones (excluding diaryl/α,β-unsaturated/α-hetero) is 1. The quantitative estimate of drug-likeness (QED) is 0.122. The summed E-state index contributed by atoms with van der Waals surface area (Å²) in [4.78, 5) is 13.7. The minimum Gasteiger partial charge on any atom is -0.488 e. The summed E-state index contributed by atoms with van der Waals surface area (Å²) in [6, 6.07) is 20.8. The molecular weight excluding hydrogens is 710 g/mol. The predicted octanol–water partition coefficient (Wildman–Crippen LogP) is 10.8. The first-order chi connectivity index (χ1) is 25.6. The fourth-order valence-corrected chi connectivity index (χ4v) is 6.22. The molecule has 2 atom stereocenters. The zero-order chi connectivity index (χ0) is 38.8. The van der Waals surface area contributed by atoms with Crippen molar-refractivity contribution in [2.75, 3.05) is 0 Å². The lowest BCUT2D eigenvalue weighted by atomic mass is 9.85. The van der Waals surface area contributed by atoms with Crippen molar-refractivity contribution in [3.05, 3.63) is 142 Å². The Morgan fingerprint density at radius 3 is 1.31 bits per heavy atom. The van der Waals surface area contributed by atoms with Crippen molar-refractivity contribution in [2.24, 2.45) is 0 Å². The van der Waals surface area contributed by atoms with Gasteiger partial charge >= 0.3 is 12.4 Å². The Hall–Kier alpha value is -5.85. The van der Waals surface area contributed by atoms with Crippen molar-refractivity contribution in [3.8, 4) is 34.0 Å². The van der Waals surface area contributed by atoms with Crippen LogP contribution in [0.15, 0.2) is 97.3 Å². The first kappa shape index (κ1) is 37.9. The van der Waals surface area contributed by atoms with Crippen LogP contribution in [-0.2, 0) is 30.4 Å². The van der Waals surface area contributed by atoms with E-state index in [9.17, 15) is 31.1 Å². The van der Waals surface area contributed by atoms with E-state index >= 15 is 0 Å². The van der Waals surface area contributed by atoms with Crippen molar-refractivity contribution in [3.63, 3.8) is 0 Å². The monoisotopic (exact) mass is 746 g/mol. The molecule has 0 aliphatic carbocycles. The fourth-order valence-electron chi connectivity index (χ4n) is 6.22. The summed E-state index contributed by atoms with van der Waals surface area (Å²) in [7, 11) is 0. The lowest BCUT2D eigenvalue weighted by Crippen LogP contribution is -2.17. The first-order valence-corrected chi connectivity index (χ1v) is 17.0. The largest absolute Gasteiger partial charge is 0.488 e. The number of aromatic nitrogens is 4. The molecule has 0 bridgehead atoms. The number of hydrogen-bond acceptors (Lipinski definition) is 5. The zero-order valence-corrected chi connectivity index (χ0v) is 29.7. The summed E-state index contributed by atoms with van der Waals surface area (Å²) in [5, 5.41) is 13.8. The van der Waals surface area contributed by atoms with Crippen molar-refractivity contribution in [1.29, 1.82) is 0 Å². The Bertz CT molecular complexity index is 2080. The Kier molecular flexibility index (Phi) is 10.7. The van der Waals surface area contributed by atoms with Crippen LogP contribution in [0, 0.1) is 13.8 Å². The van der Waals surface area contributed by atoms with Gasteiger partial charge in [0.25, 0.3) is 0 Å². The highest BCUT2D eigenvalue weighted by Gasteiger charge is 2.31. The number of H-pyrrole nitrogens is 2. The molecule has 0 saturated heterocycles. The van der Waals surface area contributed by atoms with Gasteiger partial charge in [0.15, 0.2) is 0 Å². The molecule has 280 valence electrons. The van der Waals surface area contributed by atoms with Crippen LogP contribution in [-0.4, -0.2) is 26.2 Å². The molecule has 2 aromatic heterocycles. The zero-order valence-electron chi connectivity index (χ0n) is 29.7. The standard InChI is InChI=1S/C41H36F6N4O3/c1-23-17-29(9-15-35(23)53-21-31-19-48-50-37(31)27-5-11-33(12-6-27)40(42,43)44)25(3)39(52)26(4)30-10-16-36(24(2)18-30)54-22-32-20-49-51-38(32)28-7-13-34(14-8-28)41(45,46)47/h5-20,25-26H,21-22H2,1-4H3,(H,48,50)(H,49,51). The minimum atomic E-state index is -4.43. The van der Waals surface area contributed by atoms with Gasteiger partial charge in [0, 0.05) is 23.0 Å². The third-order valence-corrected chi connectivity index (χ3v) is 9.46. The number of nitrogens with one attached hydrogen (secondary N) is 2. The normalized spacial score (nSPS) is 13.1. The topological polar surface area (TPSA) is 92.9 Å². The Morgan fingerprint density at radius 1 is 0.611 bits per heavy atom. The van der Waals surface area contributed by atoms with E-state index < -0.39 is 35.3 Å². The van der Waals surface area contributed by atoms with E-state index in [2.05, 4.69) is 20.4 Å². The molecule has 0 saturated carbocycles. The van der Waals surface area contributed by atoms with Gasteiger partial charge in [-0.1, -0.05) is 62.4 Å². The predicted molar refractivity (Wildman–Crippen MR) is 191 cm³/mol. The molecule has 6 aromatic rings. The maximum absolute atomic E-state index is 13.7. The number of ketones is 1. The number of carbonyl (C=O) groups is 1. The SMILES string of the molecule is Cc1cc(C(C)C(=O)C(C)c2ccc(OCc3cn[nH]c3-c3ccc(C(F)(F)F)cc3)c(C)c2)ccc1OCc1cn[nH]c1-c1ccc(C(F)(F)F)cc1. The molecule has 2 heterocycles. The van der Waals surface area contributed by atoms with E-state index in [1.54, 1.807) is 24.5 Å². The second-order valence-electron chi connectivity index (χ2n) is 13.2. The van der Waals surface area contributed by atoms with Crippen LogP contribution in [0.2, 0.25) is 0 Å². The highest BCUT2D eigenvalue weighted by Crippen LogP contribution is 2.35. The third-order valence-electron chi connectivity index (χ3n) is 9.46. The molecule has 0 aliphatic rings. The molecule has 0 radical (unpaired) electrons. The van der Waals surface area contributed by atoms with E-state index in [4.69, 9.17) is 9.47 Å². The van der Waals surface area contributed by atoms with E-state index in [-0.39, 0.29) is 19.0 Å². The van der Waals surface area contributed by atoms with Crippen molar-refractivity contribution in [1.82, 2.24) is 20.4 Å². The van der Waals surface area contributed by atoms with E-state index in [1.807, 2.05) is 52.0 Å². The molecule has 13 heteroatoms. The highest BCUT2D eigenvalue weighted by molar-refractivity contribution is 5.91. The average Bonchev–Trinajstić information content (AvgIpc) is 3.82.